The first-order valence-corrected chi connectivity index (χ1v) is 7.16. The molecule has 1 heterocycles. The van der Waals surface area contributed by atoms with Crippen molar-refractivity contribution in [2.24, 2.45) is 0 Å². The Morgan fingerprint density at radius 3 is 2.12 bits per heavy atom. The molecule has 1 aromatic heterocycles. The summed E-state index contributed by atoms with van der Waals surface area (Å²) in [6, 6.07) is 11.4. The number of fused-ring (bicyclic) bond motifs is 1. The molecule has 0 bridgehead atoms. The quantitative estimate of drug-likeness (QED) is 0.713. The monoisotopic (exact) mass is 328 g/mol. The second-order valence-electron chi connectivity index (χ2n) is 4.91. The predicted octanol–water partition coefficient (Wildman–Crippen LogP) is 3.61. The summed E-state index contributed by atoms with van der Waals surface area (Å²) in [6.07, 6.45) is 0. The molecule has 2 aromatic carbocycles. The Labute approximate surface area is 138 Å². The minimum atomic E-state index is -0.251. The molecule has 124 valence electrons. The van der Waals surface area contributed by atoms with Crippen LogP contribution in [0.2, 0.25) is 0 Å². The lowest BCUT2D eigenvalue weighted by molar-refractivity contribution is 0.344. The molecule has 0 aliphatic rings. The second kappa shape index (κ2) is 6.54. The lowest BCUT2D eigenvalue weighted by Gasteiger charge is -2.10. The van der Waals surface area contributed by atoms with Crippen LogP contribution in [0.1, 0.15) is 0 Å². The average molecular weight is 328 g/mol. The molecule has 0 atom stereocenters. The third kappa shape index (κ3) is 2.99. The zero-order chi connectivity index (χ0) is 17.1. The minimum absolute atomic E-state index is 0.0658. The van der Waals surface area contributed by atoms with Crippen LogP contribution in [0.15, 0.2) is 51.7 Å². The van der Waals surface area contributed by atoms with E-state index >= 15 is 0 Å². The molecule has 6 heteroatoms. The van der Waals surface area contributed by atoms with Gasteiger partial charge >= 0.3 is 0 Å². The number of benzene rings is 2. The average Bonchev–Trinajstić information content (AvgIpc) is 2.60. The molecular weight excluding hydrogens is 312 g/mol. The Hall–Kier alpha value is -3.15. The van der Waals surface area contributed by atoms with Gasteiger partial charge < -0.3 is 23.4 Å². The van der Waals surface area contributed by atoms with Crippen LogP contribution >= 0.6 is 0 Å². The summed E-state index contributed by atoms with van der Waals surface area (Å²) in [6.45, 7) is 0. The number of rotatable bonds is 5. The lowest BCUT2D eigenvalue weighted by Crippen LogP contribution is -2.02. The van der Waals surface area contributed by atoms with E-state index in [9.17, 15) is 4.79 Å². The van der Waals surface area contributed by atoms with Gasteiger partial charge in [0.05, 0.1) is 27.4 Å². The third-order valence-electron chi connectivity index (χ3n) is 3.46. The normalized spacial score (nSPS) is 10.5. The van der Waals surface area contributed by atoms with Crippen molar-refractivity contribution < 1.29 is 23.4 Å². The number of hydrogen-bond acceptors (Lipinski definition) is 6. The van der Waals surface area contributed by atoms with Crippen LogP contribution in [-0.2, 0) is 0 Å². The van der Waals surface area contributed by atoms with Crippen molar-refractivity contribution in [3.63, 3.8) is 0 Å². The summed E-state index contributed by atoms with van der Waals surface area (Å²) in [4.78, 5) is 12.3. The molecule has 0 N–H and O–H groups in total. The van der Waals surface area contributed by atoms with Crippen molar-refractivity contribution in [1.82, 2.24) is 0 Å². The van der Waals surface area contributed by atoms with E-state index in [2.05, 4.69) is 0 Å². The molecule has 24 heavy (non-hydrogen) atoms. The zero-order valence-electron chi connectivity index (χ0n) is 13.5. The standard InChI is InChI=1S/C18H16O6/c1-20-11-7-12(21-2)9-13(8-11)23-17-10-14(19)18-15(22-3)5-4-6-16(18)24-17/h4-10H,1-3H3. The van der Waals surface area contributed by atoms with E-state index in [0.29, 0.717) is 34.0 Å². The van der Waals surface area contributed by atoms with Gasteiger partial charge in [-0.3, -0.25) is 4.79 Å². The van der Waals surface area contributed by atoms with Gasteiger partial charge in [-0.2, -0.15) is 0 Å². The van der Waals surface area contributed by atoms with E-state index in [0.717, 1.165) is 0 Å². The maximum atomic E-state index is 12.3. The van der Waals surface area contributed by atoms with Crippen molar-refractivity contribution >= 4 is 11.0 Å². The maximum Gasteiger partial charge on any atom is 0.294 e. The highest BCUT2D eigenvalue weighted by Crippen LogP contribution is 2.32. The Morgan fingerprint density at radius 1 is 0.833 bits per heavy atom. The van der Waals surface area contributed by atoms with Crippen molar-refractivity contribution in [3.8, 4) is 28.9 Å². The molecule has 0 saturated carbocycles. The molecule has 6 nitrogen and oxygen atoms in total. The number of methoxy groups -OCH3 is 3. The Bertz CT molecular complexity index is 906. The highest BCUT2D eigenvalue weighted by Gasteiger charge is 2.12. The van der Waals surface area contributed by atoms with Gasteiger partial charge in [0.2, 0.25) is 0 Å². The molecule has 0 aliphatic heterocycles. The molecule has 0 fully saturated rings. The summed E-state index contributed by atoms with van der Waals surface area (Å²) in [5, 5.41) is 0.371. The number of hydrogen-bond donors (Lipinski definition) is 0. The van der Waals surface area contributed by atoms with Crippen molar-refractivity contribution in [2.75, 3.05) is 21.3 Å². The number of ether oxygens (including phenoxy) is 4. The Morgan fingerprint density at radius 2 is 1.50 bits per heavy atom. The first kappa shape index (κ1) is 15.7. The highest BCUT2D eigenvalue weighted by molar-refractivity contribution is 5.83. The topological polar surface area (TPSA) is 67.1 Å². The van der Waals surface area contributed by atoms with Crippen LogP contribution < -0.4 is 24.4 Å². The van der Waals surface area contributed by atoms with Gasteiger partial charge in [-0.25, -0.2) is 0 Å². The van der Waals surface area contributed by atoms with Crippen molar-refractivity contribution in [3.05, 3.63) is 52.7 Å². The molecule has 0 unspecified atom stereocenters. The smallest absolute Gasteiger partial charge is 0.294 e. The van der Waals surface area contributed by atoms with Gasteiger partial charge in [0.15, 0.2) is 5.43 Å². The molecule has 0 amide bonds. The largest absolute Gasteiger partial charge is 0.496 e. The lowest BCUT2D eigenvalue weighted by atomic mass is 10.2. The maximum absolute atomic E-state index is 12.3. The Kier molecular flexibility index (Phi) is 4.29. The SMILES string of the molecule is COc1cc(OC)cc(Oc2cc(=O)c3c(OC)cccc3o2)c1. The van der Waals surface area contributed by atoms with E-state index in [-0.39, 0.29) is 11.4 Å². The van der Waals surface area contributed by atoms with Crippen LogP contribution in [-0.4, -0.2) is 21.3 Å². The van der Waals surface area contributed by atoms with E-state index in [4.69, 9.17) is 23.4 Å². The van der Waals surface area contributed by atoms with Crippen LogP contribution in [0, 0.1) is 0 Å². The summed E-state index contributed by atoms with van der Waals surface area (Å²) in [5.41, 5.74) is 0.130. The highest BCUT2D eigenvalue weighted by atomic mass is 16.6. The fourth-order valence-corrected chi connectivity index (χ4v) is 2.33. The minimum Gasteiger partial charge on any atom is -0.496 e. The van der Waals surface area contributed by atoms with Gasteiger partial charge in [-0.1, -0.05) is 6.07 Å². The zero-order valence-corrected chi connectivity index (χ0v) is 13.5. The molecule has 3 aromatic rings. The van der Waals surface area contributed by atoms with E-state index < -0.39 is 0 Å². The molecule has 0 aliphatic carbocycles. The first-order chi connectivity index (χ1) is 11.6. The fourth-order valence-electron chi connectivity index (χ4n) is 2.33. The molecule has 0 saturated heterocycles. The van der Waals surface area contributed by atoms with Crippen LogP contribution in [0.3, 0.4) is 0 Å². The first-order valence-electron chi connectivity index (χ1n) is 7.16. The summed E-state index contributed by atoms with van der Waals surface area (Å²) >= 11 is 0. The van der Waals surface area contributed by atoms with E-state index in [1.165, 1.54) is 13.2 Å². The fraction of sp³-hybridized carbons (Fsp3) is 0.167. The summed E-state index contributed by atoms with van der Waals surface area (Å²) in [7, 11) is 4.59. The van der Waals surface area contributed by atoms with E-state index in [1.807, 2.05) is 0 Å². The van der Waals surface area contributed by atoms with Gasteiger partial charge in [0, 0.05) is 18.2 Å². The van der Waals surface area contributed by atoms with Gasteiger partial charge in [0.25, 0.3) is 5.95 Å². The second-order valence-corrected chi connectivity index (χ2v) is 4.91. The van der Waals surface area contributed by atoms with Crippen molar-refractivity contribution in [2.45, 2.75) is 0 Å². The van der Waals surface area contributed by atoms with E-state index in [1.54, 1.807) is 50.6 Å². The van der Waals surface area contributed by atoms with Crippen molar-refractivity contribution in [1.29, 1.82) is 0 Å². The summed E-state index contributed by atoms with van der Waals surface area (Å²) in [5.74, 6) is 2.08. The van der Waals surface area contributed by atoms with Gasteiger partial charge in [0.1, 0.15) is 34.0 Å². The molecule has 0 spiro atoms. The molecule has 0 radical (unpaired) electrons. The van der Waals surface area contributed by atoms with Gasteiger partial charge in [-0.15, -0.1) is 0 Å². The van der Waals surface area contributed by atoms with Crippen LogP contribution in [0.5, 0.6) is 28.9 Å². The molecule has 3 rings (SSSR count). The third-order valence-corrected chi connectivity index (χ3v) is 3.46. The molecular formula is C18H16O6. The van der Waals surface area contributed by atoms with Gasteiger partial charge in [-0.05, 0) is 12.1 Å². The van der Waals surface area contributed by atoms with Crippen LogP contribution in [0.25, 0.3) is 11.0 Å². The Balaban J connectivity index is 2.04. The summed E-state index contributed by atoms with van der Waals surface area (Å²) < 4.78 is 26.9. The predicted molar refractivity (Wildman–Crippen MR) is 88.7 cm³/mol. The van der Waals surface area contributed by atoms with Crippen LogP contribution in [0.4, 0.5) is 0 Å².